The third-order valence-electron chi connectivity index (χ3n) is 4.14. The summed E-state index contributed by atoms with van der Waals surface area (Å²) in [6.07, 6.45) is 10.6. The first kappa shape index (κ1) is 24.8. The van der Waals surface area contributed by atoms with E-state index in [9.17, 15) is 0 Å². The first-order chi connectivity index (χ1) is 12.3. The zero-order chi connectivity index (χ0) is 18.4. The lowest BCUT2D eigenvalue weighted by Gasteiger charge is -2.11. The fraction of sp³-hybridized carbons (Fsp3) is 1.00. The minimum absolute atomic E-state index is 0.0566. The van der Waals surface area contributed by atoms with Crippen molar-refractivity contribution in [3.8, 4) is 0 Å². The van der Waals surface area contributed by atoms with Crippen LogP contribution < -0.4 is 0 Å². The van der Waals surface area contributed by atoms with Gasteiger partial charge in [-0.2, -0.15) is 0 Å². The van der Waals surface area contributed by atoms with Gasteiger partial charge in [0.2, 0.25) is 0 Å². The highest BCUT2D eigenvalue weighted by atomic mass is 16.6. The predicted molar refractivity (Wildman–Crippen MR) is 102 cm³/mol. The van der Waals surface area contributed by atoms with Crippen molar-refractivity contribution in [1.82, 2.24) is 0 Å². The van der Waals surface area contributed by atoms with Gasteiger partial charge in [-0.05, 0) is 18.8 Å². The minimum Gasteiger partial charge on any atom is -0.394 e. The Balaban J connectivity index is 3.08. The molecule has 152 valence electrons. The third kappa shape index (κ3) is 21.8. The first-order valence-corrected chi connectivity index (χ1v) is 10.2. The highest BCUT2D eigenvalue weighted by Gasteiger charge is 2.02. The van der Waals surface area contributed by atoms with Crippen molar-refractivity contribution in [2.24, 2.45) is 5.92 Å². The molecule has 0 aromatic carbocycles. The molecule has 0 rings (SSSR count). The molecular formula is C20H42O5. The van der Waals surface area contributed by atoms with Crippen LogP contribution in [0, 0.1) is 5.92 Å². The van der Waals surface area contributed by atoms with Gasteiger partial charge < -0.3 is 24.1 Å². The maximum absolute atomic E-state index is 8.53. The minimum atomic E-state index is 0.0566. The second kappa shape index (κ2) is 21.8. The molecule has 0 saturated heterocycles. The molecule has 1 unspecified atom stereocenters. The molecule has 0 spiro atoms. The number of aliphatic hydroxyl groups is 1. The van der Waals surface area contributed by atoms with Gasteiger partial charge in [0.1, 0.15) is 0 Å². The molecule has 0 aromatic rings. The van der Waals surface area contributed by atoms with Gasteiger partial charge >= 0.3 is 0 Å². The van der Waals surface area contributed by atoms with Crippen LogP contribution in [0.3, 0.4) is 0 Å². The first-order valence-electron chi connectivity index (χ1n) is 10.2. The number of ether oxygens (including phenoxy) is 4. The number of unbranched alkanes of at least 4 members (excludes halogenated alkanes) is 4. The molecule has 25 heavy (non-hydrogen) atoms. The Bertz CT molecular complexity index is 238. The maximum atomic E-state index is 8.53. The Kier molecular flexibility index (Phi) is 21.7. The van der Waals surface area contributed by atoms with Crippen molar-refractivity contribution in [3.63, 3.8) is 0 Å². The Hall–Kier alpha value is -0.200. The molecule has 5 heteroatoms. The van der Waals surface area contributed by atoms with E-state index in [0.717, 1.165) is 18.9 Å². The van der Waals surface area contributed by atoms with Gasteiger partial charge in [0.25, 0.3) is 0 Å². The summed E-state index contributed by atoms with van der Waals surface area (Å²) in [4.78, 5) is 0. The van der Waals surface area contributed by atoms with E-state index in [4.69, 9.17) is 24.1 Å². The Morgan fingerprint density at radius 1 is 0.600 bits per heavy atom. The molecule has 0 aliphatic carbocycles. The quantitative estimate of drug-likeness (QED) is 0.315. The van der Waals surface area contributed by atoms with Gasteiger partial charge in [-0.1, -0.05) is 52.4 Å². The summed E-state index contributed by atoms with van der Waals surface area (Å²) in [7, 11) is 0. The maximum Gasteiger partial charge on any atom is 0.0701 e. The number of rotatable bonds is 21. The molecule has 1 atom stereocenters. The number of hydrogen-bond acceptors (Lipinski definition) is 5. The fourth-order valence-electron chi connectivity index (χ4n) is 2.60. The summed E-state index contributed by atoms with van der Waals surface area (Å²) >= 11 is 0. The fourth-order valence-corrected chi connectivity index (χ4v) is 2.60. The van der Waals surface area contributed by atoms with Crippen LogP contribution in [0.5, 0.6) is 0 Å². The lowest BCUT2D eigenvalue weighted by atomic mass is 9.98. The Labute approximate surface area is 155 Å². The monoisotopic (exact) mass is 362 g/mol. The molecule has 0 saturated carbocycles. The van der Waals surface area contributed by atoms with Gasteiger partial charge in [-0.3, -0.25) is 0 Å². The van der Waals surface area contributed by atoms with E-state index in [1.54, 1.807) is 0 Å². The van der Waals surface area contributed by atoms with Crippen molar-refractivity contribution >= 4 is 0 Å². The second-order valence-electron chi connectivity index (χ2n) is 6.62. The molecule has 0 heterocycles. The van der Waals surface area contributed by atoms with Crippen LogP contribution >= 0.6 is 0 Å². The average molecular weight is 363 g/mol. The normalized spacial score (nSPS) is 12.6. The largest absolute Gasteiger partial charge is 0.394 e. The second-order valence-corrected chi connectivity index (χ2v) is 6.62. The van der Waals surface area contributed by atoms with Gasteiger partial charge in [0.05, 0.1) is 52.9 Å². The van der Waals surface area contributed by atoms with E-state index >= 15 is 0 Å². The van der Waals surface area contributed by atoms with Crippen LogP contribution in [-0.4, -0.2) is 64.6 Å². The van der Waals surface area contributed by atoms with Crippen molar-refractivity contribution in [1.29, 1.82) is 0 Å². The summed E-state index contributed by atoms with van der Waals surface area (Å²) in [5.41, 5.74) is 0. The van der Waals surface area contributed by atoms with Crippen molar-refractivity contribution in [3.05, 3.63) is 0 Å². The third-order valence-corrected chi connectivity index (χ3v) is 4.14. The lowest BCUT2D eigenvalue weighted by molar-refractivity contribution is -0.00593. The lowest BCUT2D eigenvalue weighted by Crippen LogP contribution is -2.12. The van der Waals surface area contributed by atoms with Crippen LogP contribution in [0.2, 0.25) is 0 Å². The predicted octanol–water partition coefficient (Wildman–Crippen LogP) is 3.82. The van der Waals surface area contributed by atoms with Gasteiger partial charge in [0, 0.05) is 6.61 Å². The Morgan fingerprint density at radius 2 is 1.08 bits per heavy atom. The van der Waals surface area contributed by atoms with E-state index < -0.39 is 0 Å². The highest BCUT2D eigenvalue weighted by molar-refractivity contribution is 4.54. The van der Waals surface area contributed by atoms with Crippen LogP contribution in [0.4, 0.5) is 0 Å². The van der Waals surface area contributed by atoms with Crippen molar-refractivity contribution in [2.45, 2.75) is 65.2 Å². The standard InChI is InChI=1S/C20H42O5/c1-3-4-5-6-7-9-20(2)10-8-12-22-14-16-24-18-19-25-17-15-23-13-11-21/h20-21H,3-19H2,1-2H3. The zero-order valence-corrected chi connectivity index (χ0v) is 16.7. The molecule has 0 aliphatic rings. The highest BCUT2D eigenvalue weighted by Crippen LogP contribution is 2.15. The molecule has 5 nitrogen and oxygen atoms in total. The smallest absolute Gasteiger partial charge is 0.0701 e. The van der Waals surface area contributed by atoms with E-state index in [0.29, 0.717) is 46.2 Å². The van der Waals surface area contributed by atoms with E-state index in [1.165, 1.54) is 44.9 Å². The van der Waals surface area contributed by atoms with Crippen molar-refractivity contribution in [2.75, 3.05) is 59.5 Å². The van der Waals surface area contributed by atoms with E-state index in [-0.39, 0.29) is 6.61 Å². The van der Waals surface area contributed by atoms with Gasteiger partial charge in [-0.25, -0.2) is 0 Å². The SMILES string of the molecule is CCCCCCCC(C)CCCOCCOCCOCCOCCO. The topological polar surface area (TPSA) is 57.2 Å². The molecule has 0 radical (unpaired) electrons. The molecule has 1 N–H and O–H groups in total. The molecule has 0 aliphatic heterocycles. The summed E-state index contributed by atoms with van der Waals surface area (Å²) in [5, 5.41) is 8.53. The number of aliphatic hydroxyl groups excluding tert-OH is 1. The molecule has 0 bridgehead atoms. The average Bonchev–Trinajstić information content (AvgIpc) is 2.62. The van der Waals surface area contributed by atoms with Crippen LogP contribution in [0.15, 0.2) is 0 Å². The zero-order valence-electron chi connectivity index (χ0n) is 16.7. The van der Waals surface area contributed by atoms with Crippen molar-refractivity contribution < 1.29 is 24.1 Å². The van der Waals surface area contributed by atoms with Crippen LogP contribution in [0.1, 0.15) is 65.2 Å². The summed E-state index contributed by atoms with van der Waals surface area (Å²) < 4.78 is 21.5. The van der Waals surface area contributed by atoms with Crippen LogP contribution in [0.25, 0.3) is 0 Å². The molecular weight excluding hydrogens is 320 g/mol. The molecule has 0 aromatic heterocycles. The van der Waals surface area contributed by atoms with Crippen LogP contribution in [-0.2, 0) is 18.9 Å². The molecule has 0 amide bonds. The molecule has 0 fully saturated rings. The van der Waals surface area contributed by atoms with Gasteiger partial charge in [-0.15, -0.1) is 0 Å². The van der Waals surface area contributed by atoms with Gasteiger partial charge in [0.15, 0.2) is 0 Å². The Morgan fingerprint density at radius 3 is 1.64 bits per heavy atom. The summed E-state index contributed by atoms with van der Waals surface area (Å²) in [6.45, 7) is 9.37. The number of hydrogen-bond donors (Lipinski definition) is 1. The summed E-state index contributed by atoms with van der Waals surface area (Å²) in [6, 6.07) is 0. The van der Waals surface area contributed by atoms with E-state index in [1.807, 2.05) is 0 Å². The summed E-state index contributed by atoms with van der Waals surface area (Å²) in [5.74, 6) is 0.819. The van der Waals surface area contributed by atoms with E-state index in [2.05, 4.69) is 13.8 Å².